The Labute approximate surface area is 152 Å². The first-order valence-electron chi connectivity index (χ1n) is 7.95. The smallest absolute Gasteiger partial charge is 0.264 e. The third-order valence-corrected chi connectivity index (χ3v) is 4.88. The summed E-state index contributed by atoms with van der Waals surface area (Å²) in [4.78, 5) is 22.8. The van der Waals surface area contributed by atoms with E-state index >= 15 is 0 Å². The number of rotatable bonds is 7. The molecule has 26 heavy (non-hydrogen) atoms. The maximum atomic E-state index is 11.9. The van der Waals surface area contributed by atoms with Crippen LogP contribution in [-0.2, 0) is 26.0 Å². The first kappa shape index (κ1) is 19.5. The fourth-order valence-electron chi connectivity index (χ4n) is 2.13. The monoisotopic (exact) mass is 376 g/mol. The molecule has 138 valence electrons. The van der Waals surface area contributed by atoms with E-state index in [1.807, 2.05) is 16.9 Å². The highest BCUT2D eigenvalue weighted by molar-refractivity contribution is 7.90. The lowest BCUT2D eigenvalue weighted by molar-refractivity contribution is -0.118. The molecule has 8 heteroatoms. The van der Waals surface area contributed by atoms with Gasteiger partial charge in [-0.25, -0.2) is 13.1 Å². The standard InChI is InChI=1S/C18H20N2O5S/c1-3-14-4-8-16(9-5-14)25-12-18(22)19-15-6-10-17(11-7-15)26(23,24)20-13(2)21/h4-11H,3,12H2,1-2H3,(H,19,22)(H,20,21). The molecule has 0 spiro atoms. The van der Waals surface area contributed by atoms with Gasteiger partial charge in [-0.2, -0.15) is 0 Å². The van der Waals surface area contributed by atoms with E-state index in [9.17, 15) is 18.0 Å². The second-order valence-electron chi connectivity index (χ2n) is 5.52. The van der Waals surface area contributed by atoms with Gasteiger partial charge in [0.25, 0.3) is 15.9 Å². The summed E-state index contributed by atoms with van der Waals surface area (Å²) in [7, 11) is -3.89. The van der Waals surface area contributed by atoms with Gasteiger partial charge >= 0.3 is 0 Å². The normalized spacial score (nSPS) is 10.8. The van der Waals surface area contributed by atoms with Crippen molar-refractivity contribution in [3.8, 4) is 5.75 Å². The second-order valence-corrected chi connectivity index (χ2v) is 7.20. The van der Waals surface area contributed by atoms with Crippen LogP contribution in [0.4, 0.5) is 5.69 Å². The second kappa shape index (κ2) is 8.48. The van der Waals surface area contributed by atoms with Crippen molar-refractivity contribution < 1.29 is 22.7 Å². The minimum atomic E-state index is -3.89. The molecule has 0 bridgehead atoms. The Hall–Kier alpha value is -2.87. The zero-order valence-corrected chi connectivity index (χ0v) is 15.3. The summed E-state index contributed by atoms with van der Waals surface area (Å²) >= 11 is 0. The first-order chi connectivity index (χ1) is 12.3. The molecule has 0 aliphatic rings. The summed E-state index contributed by atoms with van der Waals surface area (Å²) in [5, 5.41) is 2.61. The molecule has 0 unspecified atom stereocenters. The number of sulfonamides is 1. The van der Waals surface area contributed by atoms with Crippen molar-refractivity contribution in [2.24, 2.45) is 0 Å². The molecule has 0 aliphatic carbocycles. The number of amides is 2. The Morgan fingerprint density at radius 2 is 1.62 bits per heavy atom. The van der Waals surface area contributed by atoms with E-state index in [-0.39, 0.29) is 17.4 Å². The average Bonchev–Trinajstić information content (AvgIpc) is 2.60. The maximum Gasteiger partial charge on any atom is 0.264 e. The van der Waals surface area contributed by atoms with Gasteiger partial charge in [-0.3, -0.25) is 9.59 Å². The fraction of sp³-hybridized carbons (Fsp3) is 0.222. The van der Waals surface area contributed by atoms with Crippen molar-refractivity contribution in [3.05, 3.63) is 54.1 Å². The van der Waals surface area contributed by atoms with Gasteiger partial charge in [-0.1, -0.05) is 19.1 Å². The van der Waals surface area contributed by atoms with Gasteiger partial charge in [-0.05, 0) is 48.4 Å². The molecule has 2 N–H and O–H groups in total. The Morgan fingerprint density at radius 3 is 2.15 bits per heavy atom. The molecule has 0 aliphatic heterocycles. The summed E-state index contributed by atoms with van der Waals surface area (Å²) in [6.45, 7) is 3.00. The van der Waals surface area contributed by atoms with Gasteiger partial charge in [0.05, 0.1) is 4.90 Å². The minimum Gasteiger partial charge on any atom is -0.484 e. The molecular weight excluding hydrogens is 356 g/mol. The summed E-state index contributed by atoms with van der Waals surface area (Å²) < 4.78 is 31.0. The van der Waals surface area contributed by atoms with E-state index in [4.69, 9.17) is 4.74 Å². The van der Waals surface area contributed by atoms with Crippen LogP contribution in [0.25, 0.3) is 0 Å². The number of benzene rings is 2. The fourth-order valence-corrected chi connectivity index (χ4v) is 3.12. The van der Waals surface area contributed by atoms with E-state index in [1.54, 1.807) is 12.1 Å². The SMILES string of the molecule is CCc1ccc(OCC(=O)Nc2ccc(S(=O)(=O)NC(C)=O)cc2)cc1. The van der Waals surface area contributed by atoms with Crippen LogP contribution < -0.4 is 14.8 Å². The van der Waals surface area contributed by atoms with Crippen LogP contribution in [0.15, 0.2) is 53.4 Å². The maximum absolute atomic E-state index is 11.9. The van der Waals surface area contributed by atoms with Crippen LogP contribution in [0.3, 0.4) is 0 Å². The van der Waals surface area contributed by atoms with Gasteiger partial charge in [0, 0.05) is 12.6 Å². The predicted molar refractivity (Wildman–Crippen MR) is 97.4 cm³/mol. The van der Waals surface area contributed by atoms with Crippen molar-refractivity contribution in [1.82, 2.24) is 4.72 Å². The Morgan fingerprint density at radius 1 is 1.00 bits per heavy atom. The lowest BCUT2D eigenvalue weighted by Gasteiger charge is -2.09. The zero-order valence-electron chi connectivity index (χ0n) is 14.5. The van der Waals surface area contributed by atoms with Crippen molar-refractivity contribution in [3.63, 3.8) is 0 Å². The molecule has 0 saturated carbocycles. The molecule has 0 saturated heterocycles. The van der Waals surface area contributed by atoms with Gasteiger partial charge in [0.15, 0.2) is 6.61 Å². The van der Waals surface area contributed by atoms with Crippen LogP contribution in [0.5, 0.6) is 5.75 Å². The highest BCUT2D eigenvalue weighted by Crippen LogP contribution is 2.15. The lowest BCUT2D eigenvalue weighted by Crippen LogP contribution is -2.28. The molecule has 2 aromatic rings. The molecule has 0 fully saturated rings. The Kier molecular flexibility index (Phi) is 6.35. The van der Waals surface area contributed by atoms with Crippen molar-refractivity contribution in [2.45, 2.75) is 25.2 Å². The molecule has 0 radical (unpaired) electrons. The number of carbonyl (C=O) groups is 2. The number of hydrogen-bond acceptors (Lipinski definition) is 5. The molecule has 2 rings (SSSR count). The topological polar surface area (TPSA) is 102 Å². The first-order valence-corrected chi connectivity index (χ1v) is 9.43. The highest BCUT2D eigenvalue weighted by Gasteiger charge is 2.15. The largest absolute Gasteiger partial charge is 0.484 e. The molecule has 7 nitrogen and oxygen atoms in total. The van der Waals surface area contributed by atoms with Gasteiger partial charge < -0.3 is 10.1 Å². The quantitative estimate of drug-likeness (QED) is 0.770. The van der Waals surface area contributed by atoms with E-state index in [0.29, 0.717) is 11.4 Å². The van der Waals surface area contributed by atoms with Gasteiger partial charge in [-0.15, -0.1) is 0 Å². The van der Waals surface area contributed by atoms with Crippen LogP contribution in [0.2, 0.25) is 0 Å². The van der Waals surface area contributed by atoms with Crippen molar-refractivity contribution >= 4 is 27.5 Å². The summed E-state index contributed by atoms with van der Waals surface area (Å²) in [5.74, 6) is -0.456. The van der Waals surface area contributed by atoms with Crippen LogP contribution in [0, 0.1) is 0 Å². The van der Waals surface area contributed by atoms with Crippen LogP contribution in [0.1, 0.15) is 19.4 Å². The number of aryl methyl sites for hydroxylation is 1. The van der Waals surface area contributed by atoms with E-state index < -0.39 is 15.9 Å². The van der Waals surface area contributed by atoms with E-state index in [1.165, 1.54) is 29.8 Å². The molecule has 0 atom stereocenters. The molecule has 2 aromatic carbocycles. The predicted octanol–water partition coefficient (Wildman–Crippen LogP) is 2.09. The number of nitrogens with one attached hydrogen (secondary N) is 2. The molecular formula is C18H20N2O5S. The third-order valence-electron chi connectivity index (χ3n) is 3.43. The highest BCUT2D eigenvalue weighted by atomic mass is 32.2. The van der Waals surface area contributed by atoms with Gasteiger partial charge in [0.2, 0.25) is 5.91 Å². The Bertz CT molecular complexity index is 875. The molecule has 0 heterocycles. The summed E-state index contributed by atoms with van der Waals surface area (Å²) in [5.41, 5.74) is 1.60. The summed E-state index contributed by atoms with van der Waals surface area (Å²) in [6.07, 6.45) is 0.925. The van der Waals surface area contributed by atoms with Crippen molar-refractivity contribution in [2.75, 3.05) is 11.9 Å². The minimum absolute atomic E-state index is 0.0713. The Balaban J connectivity index is 1.91. The number of ether oxygens (including phenoxy) is 1. The summed E-state index contributed by atoms with van der Waals surface area (Å²) in [6, 6.07) is 12.9. The van der Waals surface area contributed by atoms with Crippen LogP contribution >= 0.6 is 0 Å². The number of carbonyl (C=O) groups excluding carboxylic acids is 2. The third kappa shape index (κ3) is 5.59. The molecule has 2 amide bonds. The van der Waals surface area contributed by atoms with Crippen molar-refractivity contribution in [1.29, 1.82) is 0 Å². The average molecular weight is 376 g/mol. The number of anilines is 1. The zero-order chi connectivity index (χ0) is 19.2. The lowest BCUT2D eigenvalue weighted by atomic mass is 10.2. The van der Waals surface area contributed by atoms with Crippen LogP contribution in [-0.4, -0.2) is 26.8 Å². The molecule has 0 aromatic heterocycles. The van der Waals surface area contributed by atoms with E-state index in [0.717, 1.165) is 13.3 Å². The van der Waals surface area contributed by atoms with E-state index in [2.05, 4.69) is 12.2 Å². The van der Waals surface area contributed by atoms with Gasteiger partial charge in [0.1, 0.15) is 5.75 Å². The number of hydrogen-bond donors (Lipinski definition) is 2.